The highest BCUT2D eigenvalue weighted by atomic mass is 16.5. The Bertz CT molecular complexity index is 1300. The monoisotopic (exact) mass is 552 g/mol. The van der Waals surface area contributed by atoms with Crippen LogP contribution in [-0.2, 0) is 14.3 Å². The summed E-state index contributed by atoms with van der Waals surface area (Å²) in [7, 11) is 8.14. The Balaban J connectivity index is 1.36. The lowest BCUT2D eigenvalue weighted by atomic mass is 10.1. The molecule has 0 aliphatic heterocycles. The van der Waals surface area contributed by atoms with Gasteiger partial charge in [0.25, 0.3) is 0 Å². The summed E-state index contributed by atoms with van der Waals surface area (Å²) in [6.45, 7) is 2.04. The molecule has 10 nitrogen and oxygen atoms in total. The van der Waals surface area contributed by atoms with Gasteiger partial charge in [-0.3, -0.25) is 4.98 Å². The van der Waals surface area contributed by atoms with Crippen molar-refractivity contribution in [1.82, 2.24) is 9.88 Å². The van der Waals surface area contributed by atoms with Crippen molar-refractivity contribution < 1.29 is 38.0 Å². The molecule has 2 aromatic carbocycles. The van der Waals surface area contributed by atoms with Gasteiger partial charge in [-0.15, -0.1) is 0 Å². The fourth-order valence-corrected chi connectivity index (χ4v) is 4.04. The van der Waals surface area contributed by atoms with E-state index >= 15 is 0 Å². The first kappa shape index (κ1) is 30.2. The van der Waals surface area contributed by atoms with Crippen LogP contribution in [0.4, 0.5) is 0 Å². The van der Waals surface area contributed by atoms with E-state index in [1.807, 2.05) is 13.1 Å². The number of nitrogens with zero attached hydrogens (tertiary/aromatic N) is 2. The molecule has 1 aromatic heterocycles. The molecule has 0 saturated heterocycles. The lowest BCUT2D eigenvalue weighted by Gasteiger charge is -2.16. The van der Waals surface area contributed by atoms with Crippen LogP contribution in [0, 0.1) is 0 Å². The lowest BCUT2D eigenvalue weighted by Crippen LogP contribution is -2.23. The molecular formula is C30H36N2O8. The van der Waals surface area contributed by atoms with Gasteiger partial charge in [-0.05, 0) is 67.9 Å². The van der Waals surface area contributed by atoms with Crippen molar-refractivity contribution in [3.05, 3.63) is 59.8 Å². The first-order chi connectivity index (χ1) is 19.4. The van der Waals surface area contributed by atoms with E-state index in [4.69, 9.17) is 28.4 Å². The van der Waals surface area contributed by atoms with Gasteiger partial charge in [0.2, 0.25) is 5.75 Å². The molecule has 0 saturated carbocycles. The van der Waals surface area contributed by atoms with Gasteiger partial charge in [-0.1, -0.05) is 0 Å². The average molecular weight is 553 g/mol. The average Bonchev–Trinajstić information content (AvgIpc) is 2.98. The van der Waals surface area contributed by atoms with Gasteiger partial charge in [0.1, 0.15) is 5.75 Å². The van der Waals surface area contributed by atoms with Gasteiger partial charge in [0, 0.05) is 30.7 Å². The number of methoxy groups -OCH3 is 4. The summed E-state index contributed by atoms with van der Waals surface area (Å²) in [5, 5.41) is 0.691. The molecule has 0 N–H and O–H groups in total. The van der Waals surface area contributed by atoms with Crippen LogP contribution in [0.3, 0.4) is 0 Å². The number of rotatable bonds is 15. The Labute approximate surface area is 234 Å². The van der Waals surface area contributed by atoms with E-state index in [9.17, 15) is 9.59 Å². The van der Waals surface area contributed by atoms with Crippen molar-refractivity contribution in [2.24, 2.45) is 0 Å². The maximum absolute atomic E-state index is 12.6. The molecular weight excluding hydrogens is 516 g/mol. The normalized spacial score (nSPS) is 11.1. The number of carbonyl (C=O) groups is 2. The van der Waals surface area contributed by atoms with E-state index in [0.29, 0.717) is 57.9 Å². The molecule has 0 amide bonds. The van der Waals surface area contributed by atoms with Crippen LogP contribution in [0.25, 0.3) is 17.0 Å². The Morgan fingerprint density at radius 1 is 0.850 bits per heavy atom. The molecule has 3 rings (SSSR count). The van der Waals surface area contributed by atoms with Crippen molar-refractivity contribution in [1.29, 1.82) is 0 Å². The molecule has 1 heterocycles. The van der Waals surface area contributed by atoms with Crippen LogP contribution < -0.4 is 18.9 Å². The van der Waals surface area contributed by atoms with Gasteiger partial charge in [0.05, 0.1) is 52.7 Å². The predicted molar refractivity (Wildman–Crippen MR) is 151 cm³/mol. The minimum absolute atomic E-state index is 0.288. The molecule has 10 heteroatoms. The number of benzene rings is 2. The van der Waals surface area contributed by atoms with E-state index in [-0.39, 0.29) is 13.2 Å². The van der Waals surface area contributed by atoms with Gasteiger partial charge in [-0.25, -0.2) is 9.59 Å². The molecule has 214 valence electrons. The number of pyridine rings is 1. The van der Waals surface area contributed by atoms with Crippen LogP contribution in [0.5, 0.6) is 23.0 Å². The van der Waals surface area contributed by atoms with Crippen molar-refractivity contribution in [3.63, 3.8) is 0 Å². The quantitative estimate of drug-likeness (QED) is 0.153. The second-order valence-corrected chi connectivity index (χ2v) is 8.85. The standard InChI is InChI=1S/C30H36N2O8/c1-32(15-7-17-40-30(34)23-12-13-31-25-10-9-22(35-2)20-24(23)25)14-6-16-39-28(33)11-8-21-18-26(36-3)29(38-5)27(19-21)37-4/h8-13,18-20H,6-7,14-17H2,1-5H3/b11-8+. The number of fused-ring (bicyclic) bond motifs is 1. The Morgan fingerprint density at radius 2 is 1.52 bits per heavy atom. The van der Waals surface area contributed by atoms with Gasteiger partial charge < -0.3 is 33.3 Å². The summed E-state index contributed by atoms with van der Waals surface area (Å²) in [6, 6.07) is 10.5. The summed E-state index contributed by atoms with van der Waals surface area (Å²) >= 11 is 0. The van der Waals surface area contributed by atoms with Crippen molar-refractivity contribution in [2.45, 2.75) is 12.8 Å². The highest BCUT2D eigenvalue weighted by Gasteiger charge is 2.14. The largest absolute Gasteiger partial charge is 0.497 e. The zero-order valence-electron chi connectivity index (χ0n) is 23.6. The summed E-state index contributed by atoms with van der Waals surface area (Å²) in [4.78, 5) is 31.2. The number of carbonyl (C=O) groups excluding carboxylic acids is 2. The third-order valence-corrected chi connectivity index (χ3v) is 6.11. The first-order valence-electron chi connectivity index (χ1n) is 12.8. The topological polar surface area (TPSA) is 106 Å². The lowest BCUT2D eigenvalue weighted by molar-refractivity contribution is -0.137. The molecule has 0 spiro atoms. The third kappa shape index (κ3) is 8.34. The number of hydrogen-bond acceptors (Lipinski definition) is 10. The minimum atomic E-state index is -0.440. The van der Waals surface area contributed by atoms with E-state index in [2.05, 4.69) is 9.88 Å². The third-order valence-electron chi connectivity index (χ3n) is 6.11. The molecule has 0 radical (unpaired) electrons. The first-order valence-corrected chi connectivity index (χ1v) is 12.8. The molecule has 0 fully saturated rings. The zero-order valence-corrected chi connectivity index (χ0v) is 23.6. The fraction of sp³-hybridized carbons (Fsp3) is 0.367. The molecule has 0 bridgehead atoms. The van der Waals surface area contributed by atoms with Gasteiger partial charge in [-0.2, -0.15) is 0 Å². The van der Waals surface area contributed by atoms with Gasteiger partial charge >= 0.3 is 11.9 Å². The SMILES string of the molecule is COc1ccc2nccc(C(=O)OCCCN(C)CCCOC(=O)/C=C/c3cc(OC)c(OC)c(OC)c3)c2c1. The van der Waals surface area contributed by atoms with Crippen LogP contribution in [-0.4, -0.2) is 83.6 Å². The number of esters is 2. The van der Waals surface area contributed by atoms with Gasteiger partial charge in [0.15, 0.2) is 11.5 Å². The number of ether oxygens (including phenoxy) is 6. The molecule has 3 aromatic rings. The Hall–Kier alpha value is -4.31. The van der Waals surface area contributed by atoms with E-state index in [0.717, 1.165) is 13.1 Å². The summed E-state index contributed by atoms with van der Waals surface area (Å²) < 4.78 is 32.0. The van der Waals surface area contributed by atoms with Crippen molar-refractivity contribution in [2.75, 3.05) is 61.8 Å². The molecule has 0 aliphatic rings. The summed E-state index contributed by atoms with van der Waals surface area (Å²) in [5.41, 5.74) is 1.87. The molecule has 0 unspecified atom stereocenters. The number of aromatic nitrogens is 1. The van der Waals surface area contributed by atoms with Crippen LogP contribution in [0.2, 0.25) is 0 Å². The van der Waals surface area contributed by atoms with Crippen LogP contribution >= 0.6 is 0 Å². The summed E-state index contributed by atoms with van der Waals surface area (Å²) in [5.74, 6) is 1.30. The zero-order chi connectivity index (χ0) is 28.9. The predicted octanol–water partition coefficient (Wildman–Crippen LogP) is 4.39. The van der Waals surface area contributed by atoms with E-state index < -0.39 is 11.9 Å². The molecule has 40 heavy (non-hydrogen) atoms. The molecule has 0 atom stereocenters. The minimum Gasteiger partial charge on any atom is -0.497 e. The summed E-state index contributed by atoms with van der Waals surface area (Å²) in [6.07, 6.45) is 5.93. The van der Waals surface area contributed by atoms with Crippen LogP contribution in [0.1, 0.15) is 28.8 Å². The smallest absolute Gasteiger partial charge is 0.338 e. The maximum Gasteiger partial charge on any atom is 0.338 e. The highest BCUT2D eigenvalue weighted by molar-refractivity contribution is 6.03. The Kier molecular flexibility index (Phi) is 11.6. The number of hydrogen-bond donors (Lipinski definition) is 0. The van der Waals surface area contributed by atoms with E-state index in [1.54, 1.807) is 49.7 Å². The van der Waals surface area contributed by atoms with E-state index in [1.165, 1.54) is 27.4 Å². The molecule has 0 aliphatic carbocycles. The van der Waals surface area contributed by atoms with Crippen LogP contribution in [0.15, 0.2) is 48.7 Å². The van der Waals surface area contributed by atoms with Crippen molar-refractivity contribution in [3.8, 4) is 23.0 Å². The second kappa shape index (κ2) is 15.3. The Morgan fingerprint density at radius 3 is 2.15 bits per heavy atom. The fourth-order valence-electron chi connectivity index (χ4n) is 4.04. The highest BCUT2D eigenvalue weighted by Crippen LogP contribution is 2.38. The second-order valence-electron chi connectivity index (χ2n) is 8.85. The maximum atomic E-state index is 12.6. The van der Waals surface area contributed by atoms with Crippen molar-refractivity contribution >= 4 is 28.9 Å².